The van der Waals surface area contributed by atoms with Crippen molar-refractivity contribution in [1.82, 2.24) is 9.97 Å². The molecule has 0 aliphatic carbocycles. The minimum absolute atomic E-state index is 0.0525. The molecule has 3 aromatic rings. The molecule has 152 valence electrons. The first kappa shape index (κ1) is 20.4. The molecule has 29 heavy (non-hydrogen) atoms. The summed E-state index contributed by atoms with van der Waals surface area (Å²) < 4.78 is 57.3. The number of hydrogen-bond donors (Lipinski definition) is 2. The van der Waals surface area contributed by atoms with Crippen molar-refractivity contribution in [2.45, 2.75) is 12.7 Å². The second-order valence-corrected chi connectivity index (χ2v) is 6.02. The van der Waals surface area contributed by atoms with Gasteiger partial charge < -0.3 is 15.4 Å². The summed E-state index contributed by atoms with van der Waals surface area (Å²) in [6.45, 7) is 0.920. The van der Waals surface area contributed by atoms with Crippen molar-refractivity contribution in [3.8, 4) is 5.75 Å². The number of alkyl halides is 3. The predicted octanol–water partition coefficient (Wildman–Crippen LogP) is 4.74. The van der Waals surface area contributed by atoms with Gasteiger partial charge in [0, 0.05) is 12.7 Å². The molecule has 0 spiro atoms. The van der Waals surface area contributed by atoms with Gasteiger partial charge >= 0.3 is 6.18 Å². The SMILES string of the molecule is Fc1ccc(CNc2ccnc(NCCOc3ccccc3)n2)cc1C(F)(F)F. The third-order valence-corrected chi connectivity index (χ3v) is 3.86. The second-order valence-electron chi connectivity index (χ2n) is 6.02. The van der Waals surface area contributed by atoms with Crippen LogP contribution in [0.25, 0.3) is 0 Å². The van der Waals surface area contributed by atoms with Gasteiger partial charge in [-0.05, 0) is 35.9 Å². The van der Waals surface area contributed by atoms with Gasteiger partial charge in [0.15, 0.2) is 0 Å². The van der Waals surface area contributed by atoms with Crippen LogP contribution in [-0.2, 0) is 12.7 Å². The quantitative estimate of drug-likeness (QED) is 0.418. The van der Waals surface area contributed by atoms with Crippen LogP contribution in [0.15, 0.2) is 60.8 Å². The highest BCUT2D eigenvalue weighted by atomic mass is 19.4. The van der Waals surface area contributed by atoms with E-state index in [9.17, 15) is 17.6 Å². The van der Waals surface area contributed by atoms with Gasteiger partial charge in [-0.25, -0.2) is 9.37 Å². The Hall–Kier alpha value is -3.36. The van der Waals surface area contributed by atoms with Crippen molar-refractivity contribution in [3.05, 3.63) is 77.7 Å². The van der Waals surface area contributed by atoms with Crippen LogP contribution in [0, 0.1) is 5.82 Å². The van der Waals surface area contributed by atoms with Gasteiger partial charge in [0.05, 0.1) is 12.1 Å². The topological polar surface area (TPSA) is 59.1 Å². The first-order valence-corrected chi connectivity index (χ1v) is 8.76. The van der Waals surface area contributed by atoms with Gasteiger partial charge in [0.25, 0.3) is 0 Å². The highest BCUT2D eigenvalue weighted by Gasteiger charge is 2.34. The number of halogens is 4. The fourth-order valence-electron chi connectivity index (χ4n) is 2.48. The average molecular weight is 406 g/mol. The van der Waals surface area contributed by atoms with Crippen molar-refractivity contribution < 1.29 is 22.3 Å². The molecule has 9 heteroatoms. The smallest absolute Gasteiger partial charge is 0.419 e. The molecule has 0 saturated heterocycles. The Bertz CT molecular complexity index is 935. The number of anilines is 2. The van der Waals surface area contributed by atoms with Crippen LogP contribution in [0.2, 0.25) is 0 Å². The summed E-state index contributed by atoms with van der Waals surface area (Å²) in [4.78, 5) is 8.32. The van der Waals surface area contributed by atoms with Crippen molar-refractivity contribution >= 4 is 11.8 Å². The molecule has 3 rings (SSSR count). The molecule has 0 fully saturated rings. The van der Waals surface area contributed by atoms with Crippen LogP contribution in [-0.4, -0.2) is 23.1 Å². The monoisotopic (exact) mass is 406 g/mol. The van der Waals surface area contributed by atoms with Crippen molar-refractivity contribution in [3.63, 3.8) is 0 Å². The number of aromatic nitrogens is 2. The van der Waals surface area contributed by atoms with Crippen LogP contribution in [0.5, 0.6) is 5.75 Å². The van der Waals surface area contributed by atoms with Gasteiger partial charge in [-0.2, -0.15) is 18.2 Å². The fraction of sp³-hybridized carbons (Fsp3) is 0.200. The zero-order valence-electron chi connectivity index (χ0n) is 15.2. The number of nitrogens with zero attached hydrogens (tertiary/aromatic N) is 2. The molecule has 0 atom stereocenters. The van der Waals surface area contributed by atoms with Crippen LogP contribution in [0.3, 0.4) is 0 Å². The second kappa shape index (κ2) is 9.22. The molecule has 1 aromatic heterocycles. The first-order chi connectivity index (χ1) is 13.9. The molecular weight excluding hydrogens is 388 g/mol. The van der Waals surface area contributed by atoms with Gasteiger partial charge in [-0.3, -0.25) is 0 Å². The molecule has 1 heterocycles. The van der Waals surface area contributed by atoms with Crippen molar-refractivity contribution in [1.29, 1.82) is 0 Å². The number of hydrogen-bond acceptors (Lipinski definition) is 5. The van der Waals surface area contributed by atoms with E-state index in [-0.39, 0.29) is 12.1 Å². The first-order valence-electron chi connectivity index (χ1n) is 8.76. The van der Waals surface area contributed by atoms with E-state index in [0.29, 0.717) is 24.9 Å². The summed E-state index contributed by atoms with van der Waals surface area (Å²) in [6, 6.07) is 13.8. The zero-order chi connectivity index (χ0) is 20.7. The molecule has 2 N–H and O–H groups in total. The standard InChI is InChI=1S/C20H18F4N4O/c21-17-7-6-14(12-16(17)20(22,23)24)13-27-18-8-9-25-19(28-18)26-10-11-29-15-4-2-1-3-5-15/h1-9,12H,10-11,13H2,(H2,25,26,27,28). The van der Waals surface area contributed by atoms with E-state index in [1.165, 1.54) is 12.3 Å². The minimum Gasteiger partial charge on any atom is -0.492 e. The zero-order valence-corrected chi connectivity index (χ0v) is 15.2. The minimum atomic E-state index is -4.74. The van der Waals surface area contributed by atoms with Gasteiger partial charge in [-0.1, -0.05) is 24.3 Å². The normalized spacial score (nSPS) is 11.2. The van der Waals surface area contributed by atoms with E-state index in [4.69, 9.17) is 4.74 Å². The van der Waals surface area contributed by atoms with E-state index in [1.54, 1.807) is 6.07 Å². The third kappa shape index (κ3) is 6.06. The maximum atomic E-state index is 13.4. The fourth-order valence-corrected chi connectivity index (χ4v) is 2.48. The summed E-state index contributed by atoms with van der Waals surface area (Å²) in [7, 11) is 0. The summed E-state index contributed by atoms with van der Waals surface area (Å²) in [6.07, 6.45) is -3.23. The Morgan fingerprint density at radius 3 is 2.52 bits per heavy atom. The molecule has 0 aliphatic heterocycles. The summed E-state index contributed by atoms with van der Waals surface area (Å²) >= 11 is 0. The Morgan fingerprint density at radius 2 is 1.76 bits per heavy atom. The molecular formula is C20H18F4N4O. The Morgan fingerprint density at radius 1 is 0.966 bits per heavy atom. The maximum Gasteiger partial charge on any atom is 0.419 e. The Labute approximate surface area is 164 Å². The van der Waals surface area contributed by atoms with E-state index in [1.807, 2.05) is 30.3 Å². The van der Waals surface area contributed by atoms with Crippen LogP contribution in [0.1, 0.15) is 11.1 Å². The molecule has 0 aliphatic rings. The van der Waals surface area contributed by atoms with Crippen molar-refractivity contribution in [2.75, 3.05) is 23.8 Å². The third-order valence-electron chi connectivity index (χ3n) is 3.86. The Balaban J connectivity index is 1.52. The summed E-state index contributed by atoms with van der Waals surface area (Å²) in [5.74, 6) is 0.224. The van der Waals surface area contributed by atoms with Gasteiger partial charge in [0.1, 0.15) is 24.0 Å². The molecule has 5 nitrogen and oxygen atoms in total. The molecule has 0 bridgehead atoms. The maximum absolute atomic E-state index is 13.4. The van der Waals surface area contributed by atoms with Crippen LogP contribution in [0.4, 0.5) is 29.3 Å². The van der Waals surface area contributed by atoms with E-state index in [0.717, 1.165) is 17.9 Å². The largest absolute Gasteiger partial charge is 0.492 e. The lowest BCUT2D eigenvalue weighted by molar-refractivity contribution is -0.140. The van der Waals surface area contributed by atoms with E-state index >= 15 is 0 Å². The van der Waals surface area contributed by atoms with Crippen LogP contribution >= 0.6 is 0 Å². The number of benzene rings is 2. The Kier molecular flexibility index (Phi) is 6.48. The molecule has 2 aromatic carbocycles. The number of para-hydroxylation sites is 1. The number of rotatable bonds is 8. The van der Waals surface area contributed by atoms with E-state index in [2.05, 4.69) is 20.6 Å². The lowest BCUT2D eigenvalue weighted by Gasteiger charge is -2.12. The number of nitrogens with one attached hydrogen (secondary N) is 2. The molecule has 0 amide bonds. The highest BCUT2D eigenvalue weighted by Crippen LogP contribution is 2.32. The molecule has 0 saturated carbocycles. The summed E-state index contributed by atoms with van der Waals surface area (Å²) in [5, 5.41) is 5.91. The highest BCUT2D eigenvalue weighted by molar-refractivity contribution is 5.40. The summed E-state index contributed by atoms with van der Waals surface area (Å²) in [5.41, 5.74) is -1.01. The average Bonchev–Trinajstić information content (AvgIpc) is 2.71. The van der Waals surface area contributed by atoms with Gasteiger partial charge in [0.2, 0.25) is 5.95 Å². The molecule has 0 unspecified atom stereocenters. The number of ether oxygens (including phenoxy) is 1. The van der Waals surface area contributed by atoms with Crippen molar-refractivity contribution in [2.24, 2.45) is 0 Å². The van der Waals surface area contributed by atoms with Gasteiger partial charge in [-0.15, -0.1) is 0 Å². The van der Waals surface area contributed by atoms with E-state index < -0.39 is 17.6 Å². The lowest BCUT2D eigenvalue weighted by Crippen LogP contribution is -2.14. The predicted molar refractivity (Wildman–Crippen MR) is 101 cm³/mol. The molecule has 0 radical (unpaired) electrons. The lowest BCUT2D eigenvalue weighted by atomic mass is 10.1. The van der Waals surface area contributed by atoms with Crippen LogP contribution < -0.4 is 15.4 Å².